The molecule has 1 aliphatic heterocycles. The second kappa shape index (κ2) is 12.7. The molecule has 0 amide bonds. The summed E-state index contributed by atoms with van der Waals surface area (Å²) in [6.45, 7) is 2.62. The van der Waals surface area contributed by atoms with E-state index in [9.17, 15) is 18.0 Å². The first-order valence-corrected chi connectivity index (χ1v) is 14.7. The van der Waals surface area contributed by atoms with Crippen molar-refractivity contribution in [3.63, 3.8) is 0 Å². The highest BCUT2D eigenvalue weighted by Crippen LogP contribution is 2.24. The summed E-state index contributed by atoms with van der Waals surface area (Å²) in [6, 6.07) is 17.0. The van der Waals surface area contributed by atoms with Crippen LogP contribution < -0.4 is 15.6 Å². The van der Waals surface area contributed by atoms with Crippen molar-refractivity contribution in [2.24, 2.45) is 0 Å². The van der Waals surface area contributed by atoms with Crippen LogP contribution in [0.1, 0.15) is 31.7 Å². The number of rotatable bonds is 13. The van der Waals surface area contributed by atoms with E-state index in [-0.39, 0.29) is 29.7 Å². The van der Waals surface area contributed by atoms with Gasteiger partial charge in [-0.1, -0.05) is 43.7 Å². The van der Waals surface area contributed by atoms with Crippen LogP contribution in [0, 0.1) is 0 Å². The third kappa shape index (κ3) is 7.44. The number of carbonyl (C=O) groups is 1. The maximum atomic E-state index is 13.4. The molecular weight excluding hydrogens is 506 g/mol. The molecule has 1 aliphatic rings. The van der Waals surface area contributed by atoms with Gasteiger partial charge in [0.25, 0.3) is 5.56 Å². The SMILES string of the molecule is CCCCOC(=O)Cn1c(-c2ccc(OC3CS(=O)(=O)C3)cc2)ncc(NCCCc2ccccc2)c1=O. The van der Waals surface area contributed by atoms with Gasteiger partial charge in [0.15, 0.2) is 9.84 Å². The fourth-order valence-corrected chi connectivity index (χ4v) is 5.29. The average Bonchev–Trinajstić information content (AvgIpc) is 2.89. The summed E-state index contributed by atoms with van der Waals surface area (Å²) in [5.74, 6) is 0.371. The zero-order valence-electron chi connectivity index (χ0n) is 21.5. The summed E-state index contributed by atoms with van der Waals surface area (Å²) in [5.41, 5.74) is 1.80. The Labute approximate surface area is 222 Å². The second-order valence-electron chi connectivity index (χ2n) is 9.32. The van der Waals surface area contributed by atoms with Crippen molar-refractivity contribution in [2.75, 3.05) is 30.0 Å². The first-order chi connectivity index (χ1) is 18.3. The van der Waals surface area contributed by atoms with Crippen LogP contribution in [0.5, 0.6) is 5.75 Å². The third-order valence-electron chi connectivity index (χ3n) is 6.19. The summed E-state index contributed by atoms with van der Waals surface area (Å²) < 4.78 is 35.1. The highest BCUT2D eigenvalue weighted by atomic mass is 32.2. The van der Waals surface area contributed by atoms with Gasteiger partial charge >= 0.3 is 5.97 Å². The van der Waals surface area contributed by atoms with Gasteiger partial charge in [-0.3, -0.25) is 14.2 Å². The predicted octanol–water partition coefficient (Wildman–Crippen LogP) is 3.47. The van der Waals surface area contributed by atoms with Gasteiger partial charge in [0.05, 0.1) is 24.3 Å². The van der Waals surface area contributed by atoms with E-state index in [4.69, 9.17) is 9.47 Å². The van der Waals surface area contributed by atoms with Crippen LogP contribution in [-0.2, 0) is 32.3 Å². The van der Waals surface area contributed by atoms with E-state index in [1.807, 2.05) is 25.1 Å². The van der Waals surface area contributed by atoms with Crippen molar-refractivity contribution in [3.05, 3.63) is 76.7 Å². The van der Waals surface area contributed by atoms with E-state index >= 15 is 0 Å². The Morgan fingerprint density at radius 2 is 1.82 bits per heavy atom. The zero-order valence-corrected chi connectivity index (χ0v) is 22.3. The number of anilines is 1. The molecule has 202 valence electrons. The van der Waals surface area contributed by atoms with Crippen LogP contribution in [0.25, 0.3) is 11.4 Å². The molecule has 3 aromatic rings. The van der Waals surface area contributed by atoms with Crippen LogP contribution in [0.2, 0.25) is 0 Å². The molecular formula is C28H33N3O6S. The standard InChI is InChI=1S/C28H33N3O6S/c1-2-3-16-36-26(32)18-31-27(22-11-13-23(14-12-22)37-24-19-38(34,35)20-24)30-17-25(28(31)33)29-15-7-10-21-8-5-4-6-9-21/h4-6,8-9,11-14,17,24,29H,2-3,7,10,15-16,18-20H2,1H3. The Morgan fingerprint density at radius 3 is 2.50 bits per heavy atom. The lowest BCUT2D eigenvalue weighted by molar-refractivity contribution is -0.144. The molecule has 0 spiro atoms. The van der Waals surface area contributed by atoms with E-state index in [0.717, 1.165) is 25.7 Å². The van der Waals surface area contributed by atoms with Crippen molar-refractivity contribution in [3.8, 4) is 17.1 Å². The van der Waals surface area contributed by atoms with E-state index in [1.165, 1.54) is 16.3 Å². The van der Waals surface area contributed by atoms with Crippen molar-refractivity contribution in [1.82, 2.24) is 9.55 Å². The van der Waals surface area contributed by atoms with Crippen LogP contribution in [-0.4, -0.2) is 54.7 Å². The smallest absolute Gasteiger partial charge is 0.326 e. The molecule has 2 heterocycles. The predicted molar refractivity (Wildman–Crippen MR) is 146 cm³/mol. The molecule has 4 rings (SSSR count). The maximum absolute atomic E-state index is 13.4. The number of aromatic nitrogens is 2. The number of nitrogens with one attached hydrogen (secondary N) is 1. The minimum absolute atomic E-state index is 0.00972. The van der Waals surface area contributed by atoms with Gasteiger partial charge in [-0.15, -0.1) is 0 Å². The van der Waals surface area contributed by atoms with Crippen LogP contribution >= 0.6 is 0 Å². The van der Waals surface area contributed by atoms with Crippen molar-refractivity contribution in [2.45, 2.75) is 45.3 Å². The summed E-state index contributed by atoms with van der Waals surface area (Å²) >= 11 is 0. The summed E-state index contributed by atoms with van der Waals surface area (Å²) in [7, 11) is -2.98. The van der Waals surface area contributed by atoms with Gasteiger partial charge in [0, 0.05) is 12.1 Å². The van der Waals surface area contributed by atoms with E-state index in [2.05, 4.69) is 22.4 Å². The average molecular weight is 540 g/mol. The highest BCUT2D eigenvalue weighted by Gasteiger charge is 2.35. The lowest BCUT2D eigenvalue weighted by Gasteiger charge is -2.26. The molecule has 0 bridgehead atoms. The molecule has 0 saturated carbocycles. The largest absolute Gasteiger partial charge is 0.488 e. The van der Waals surface area contributed by atoms with Gasteiger partial charge in [-0.05, 0) is 49.1 Å². The van der Waals surface area contributed by atoms with Crippen molar-refractivity contribution < 1.29 is 22.7 Å². The van der Waals surface area contributed by atoms with E-state index < -0.39 is 15.8 Å². The molecule has 10 heteroatoms. The first kappa shape index (κ1) is 27.4. The lowest BCUT2D eigenvalue weighted by Crippen LogP contribution is -2.45. The minimum Gasteiger partial charge on any atom is -0.488 e. The highest BCUT2D eigenvalue weighted by molar-refractivity contribution is 7.92. The Morgan fingerprint density at radius 1 is 1.08 bits per heavy atom. The topological polar surface area (TPSA) is 117 Å². The Kier molecular flexibility index (Phi) is 9.17. The molecule has 38 heavy (non-hydrogen) atoms. The minimum atomic E-state index is -2.98. The molecule has 0 aliphatic carbocycles. The van der Waals surface area contributed by atoms with Gasteiger partial charge in [0.2, 0.25) is 0 Å². The molecule has 1 N–H and O–H groups in total. The molecule has 1 saturated heterocycles. The molecule has 0 atom stereocenters. The third-order valence-corrected chi connectivity index (χ3v) is 7.95. The number of aryl methyl sites for hydroxylation is 1. The number of hydrogen-bond donors (Lipinski definition) is 1. The number of carbonyl (C=O) groups excluding carboxylic acids is 1. The fraction of sp³-hybridized carbons (Fsp3) is 0.393. The van der Waals surface area contributed by atoms with E-state index in [1.54, 1.807) is 24.3 Å². The van der Waals surface area contributed by atoms with Gasteiger partial charge < -0.3 is 14.8 Å². The number of unbranched alkanes of at least 4 members (excludes halogenated alkanes) is 1. The Bertz CT molecular complexity index is 1380. The van der Waals surface area contributed by atoms with Crippen LogP contribution in [0.15, 0.2) is 65.6 Å². The maximum Gasteiger partial charge on any atom is 0.326 e. The second-order valence-corrected chi connectivity index (χ2v) is 11.5. The summed E-state index contributed by atoms with van der Waals surface area (Å²) in [5, 5.41) is 3.16. The Balaban J connectivity index is 1.49. The normalized spacial score (nSPS) is 14.4. The number of ether oxygens (including phenoxy) is 2. The first-order valence-electron chi connectivity index (χ1n) is 12.9. The molecule has 1 fully saturated rings. The van der Waals surface area contributed by atoms with Crippen molar-refractivity contribution in [1.29, 1.82) is 0 Å². The number of sulfone groups is 1. The molecule has 9 nitrogen and oxygen atoms in total. The van der Waals surface area contributed by atoms with Gasteiger partial charge in [0.1, 0.15) is 29.9 Å². The Hall–Kier alpha value is -3.66. The summed E-state index contributed by atoms with van der Waals surface area (Å²) in [6.07, 6.45) is 4.48. The van der Waals surface area contributed by atoms with Gasteiger partial charge in [-0.2, -0.15) is 0 Å². The molecule has 0 radical (unpaired) electrons. The lowest BCUT2D eigenvalue weighted by atomic mass is 10.1. The van der Waals surface area contributed by atoms with Crippen LogP contribution in [0.4, 0.5) is 5.69 Å². The molecule has 2 aromatic carbocycles. The van der Waals surface area contributed by atoms with Crippen molar-refractivity contribution >= 4 is 21.5 Å². The number of hydrogen-bond acceptors (Lipinski definition) is 8. The summed E-state index contributed by atoms with van der Waals surface area (Å²) in [4.78, 5) is 30.4. The van der Waals surface area contributed by atoms with Crippen LogP contribution in [0.3, 0.4) is 0 Å². The quantitative estimate of drug-likeness (QED) is 0.259. The van der Waals surface area contributed by atoms with E-state index in [0.29, 0.717) is 36.0 Å². The fourth-order valence-electron chi connectivity index (χ4n) is 4.12. The molecule has 0 unspecified atom stereocenters. The number of esters is 1. The zero-order chi connectivity index (χ0) is 27.0. The number of nitrogens with zero attached hydrogens (tertiary/aromatic N) is 2. The number of benzene rings is 2. The monoisotopic (exact) mass is 539 g/mol. The van der Waals surface area contributed by atoms with Gasteiger partial charge in [-0.25, -0.2) is 13.4 Å². The molecule has 1 aromatic heterocycles.